The van der Waals surface area contributed by atoms with Gasteiger partial charge < -0.3 is 14.4 Å². The van der Waals surface area contributed by atoms with Crippen molar-refractivity contribution in [3.63, 3.8) is 0 Å². The number of carbonyl (C=O) groups excluding carboxylic acids is 2. The zero-order chi connectivity index (χ0) is 19.9. The van der Waals surface area contributed by atoms with Crippen molar-refractivity contribution in [3.05, 3.63) is 59.9 Å². The molecule has 148 valence electrons. The number of anilines is 1. The average molecular weight is 385 g/mol. The Morgan fingerprint density at radius 2 is 1.79 bits per heavy atom. The van der Waals surface area contributed by atoms with Crippen LogP contribution in [0.5, 0.6) is 5.75 Å². The molecule has 0 N–H and O–H groups in total. The SMILES string of the molecule is COc1ccc(C(=O)OCC(=O)N(c2ccccc2)C2CCCCC2)c(F)c1. The van der Waals surface area contributed by atoms with Gasteiger partial charge in [0.05, 0.1) is 12.7 Å². The molecule has 1 aliphatic rings. The van der Waals surface area contributed by atoms with Gasteiger partial charge in [0.15, 0.2) is 6.61 Å². The maximum absolute atomic E-state index is 14.1. The van der Waals surface area contributed by atoms with Crippen LogP contribution in [0.15, 0.2) is 48.5 Å². The van der Waals surface area contributed by atoms with Crippen LogP contribution in [0.1, 0.15) is 42.5 Å². The Morgan fingerprint density at radius 1 is 1.07 bits per heavy atom. The first-order valence-corrected chi connectivity index (χ1v) is 9.48. The summed E-state index contributed by atoms with van der Waals surface area (Å²) in [5.41, 5.74) is 0.559. The van der Waals surface area contributed by atoms with Gasteiger partial charge in [-0.25, -0.2) is 9.18 Å². The van der Waals surface area contributed by atoms with Gasteiger partial charge in [0.1, 0.15) is 11.6 Å². The van der Waals surface area contributed by atoms with Crippen molar-refractivity contribution in [2.45, 2.75) is 38.1 Å². The van der Waals surface area contributed by atoms with Crippen molar-refractivity contribution in [2.24, 2.45) is 0 Å². The lowest BCUT2D eigenvalue weighted by atomic mass is 9.93. The normalized spacial score (nSPS) is 14.4. The van der Waals surface area contributed by atoms with Crippen LogP contribution in [-0.4, -0.2) is 31.6 Å². The van der Waals surface area contributed by atoms with Gasteiger partial charge in [-0.15, -0.1) is 0 Å². The fourth-order valence-electron chi connectivity index (χ4n) is 3.55. The Kier molecular flexibility index (Phi) is 6.63. The molecule has 2 aromatic rings. The maximum Gasteiger partial charge on any atom is 0.341 e. The third-order valence-electron chi connectivity index (χ3n) is 4.97. The van der Waals surface area contributed by atoms with E-state index in [-0.39, 0.29) is 17.5 Å². The van der Waals surface area contributed by atoms with E-state index in [2.05, 4.69) is 0 Å². The second-order valence-corrected chi connectivity index (χ2v) is 6.81. The summed E-state index contributed by atoms with van der Waals surface area (Å²) in [5.74, 6) is -1.62. The summed E-state index contributed by atoms with van der Waals surface area (Å²) in [6.45, 7) is -0.435. The molecule has 2 aromatic carbocycles. The predicted molar refractivity (Wildman–Crippen MR) is 104 cm³/mol. The van der Waals surface area contributed by atoms with E-state index in [4.69, 9.17) is 9.47 Å². The number of carbonyl (C=O) groups is 2. The highest BCUT2D eigenvalue weighted by Crippen LogP contribution is 2.27. The number of para-hydroxylation sites is 1. The van der Waals surface area contributed by atoms with Crippen LogP contribution in [0.4, 0.5) is 10.1 Å². The number of rotatable bonds is 6. The first kappa shape index (κ1) is 19.9. The standard InChI is InChI=1S/C22H24FNO4/c1-27-18-12-13-19(20(23)14-18)22(26)28-15-21(25)24(16-8-4-2-5-9-16)17-10-6-3-7-11-17/h2,4-5,8-9,12-14,17H,3,6-7,10-11,15H2,1H3. The zero-order valence-electron chi connectivity index (χ0n) is 15.9. The van der Waals surface area contributed by atoms with E-state index in [1.54, 1.807) is 4.90 Å². The van der Waals surface area contributed by atoms with E-state index >= 15 is 0 Å². The van der Waals surface area contributed by atoms with Crippen LogP contribution < -0.4 is 9.64 Å². The molecular formula is C22H24FNO4. The van der Waals surface area contributed by atoms with Crippen LogP contribution in [0.2, 0.25) is 0 Å². The summed E-state index contributed by atoms with van der Waals surface area (Å²) in [7, 11) is 1.41. The van der Waals surface area contributed by atoms with Crippen LogP contribution in [-0.2, 0) is 9.53 Å². The number of esters is 1. The van der Waals surface area contributed by atoms with Crippen LogP contribution in [0.25, 0.3) is 0 Å². The number of ether oxygens (including phenoxy) is 2. The van der Waals surface area contributed by atoms with Gasteiger partial charge in [-0.05, 0) is 37.1 Å². The summed E-state index contributed by atoms with van der Waals surface area (Å²) in [6, 6.07) is 13.3. The Balaban J connectivity index is 1.70. The molecule has 0 spiro atoms. The van der Waals surface area contributed by atoms with Gasteiger partial charge in [0.25, 0.3) is 5.91 Å². The minimum absolute atomic E-state index is 0.0834. The molecule has 1 fully saturated rings. The van der Waals surface area contributed by atoms with E-state index in [9.17, 15) is 14.0 Å². The summed E-state index contributed by atoms with van der Waals surface area (Å²) >= 11 is 0. The largest absolute Gasteiger partial charge is 0.497 e. The van der Waals surface area contributed by atoms with Crippen LogP contribution >= 0.6 is 0 Å². The summed E-state index contributed by atoms with van der Waals surface area (Å²) in [6.07, 6.45) is 5.14. The Bertz CT molecular complexity index is 819. The van der Waals surface area contributed by atoms with Gasteiger partial charge in [0.2, 0.25) is 0 Å². The van der Waals surface area contributed by atoms with Gasteiger partial charge in [-0.2, -0.15) is 0 Å². The number of benzene rings is 2. The number of halogens is 1. The van der Waals surface area contributed by atoms with E-state index in [0.717, 1.165) is 37.4 Å². The van der Waals surface area contributed by atoms with Crippen LogP contribution in [0, 0.1) is 5.82 Å². The Hall–Kier alpha value is -2.89. The molecule has 1 amide bonds. The predicted octanol–water partition coefficient (Wildman–Crippen LogP) is 4.36. The lowest BCUT2D eigenvalue weighted by Gasteiger charge is -2.34. The van der Waals surface area contributed by atoms with Crippen molar-refractivity contribution < 1.29 is 23.5 Å². The zero-order valence-corrected chi connectivity index (χ0v) is 15.9. The molecule has 6 heteroatoms. The molecule has 3 rings (SSSR count). The van der Waals surface area contributed by atoms with Gasteiger partial charge in [-0.1, -0.05) is 37.5 Å². The lowest BCUT2D eigenvalue weighted by molar-refractivity contribution is -0.122. The maximum atomic E-state index is 14.1. The Labute approximate surface area is 164 Å². The number of hydrogen-bond acceptors (Lipinski definition) is 4. The molecule has 0 aromatic heterocycles. The van der Waals surface area contributed by atoms with Crippen molar-refractivity contribution in [3.8, 4) is 5.75 Å². The molecule has 0 unspecified atom stereocenters. The molecule has 0 heterocycles. The minimum atomic E-state index is -0.870. The number of hydrogen-bond donors (Lipinski definition) is 0. The van der Waals surface area contributed by atoms with Gasteiger partial charge in [0, 0.05) is 17.8 Å². The van der Waals surface area contributed by atoms with E-state index in [1.807, 2.05) is 30.3 Å². The Morgan fingerprint density at radius 3 is 2.43 bits per heavy atom. The molecule has 0 aliphatic heterocycles. The van der Waals surface area contributed by atoms with Crippen molar-refractivity contribution in [2.75, 3.05) is 18.6 Å². The average Bonchev–Trinajstić information content (AvgIpc) is 2.73. The minimum Gasteiger partial charge on any atom is -0.497 e. The molecule has 1 aliphatic carbocycles. The molecule has 28 heavy (non-hydrogen) atoms. The highest BCUT2D eigenvalue weighted by atomic mass is 19.1. The monoisotopic (exact) mass is 385 g/mol. The quantitative estimate of drug-likeness (QED) is 0.694. The molecule has 0 saturated heterocycles. The number of amides is 1. The fourth-order valence-corrected chi connectivity index (χ4v) is 3.55. The van der Waals surface area contributed by atoms with E-state index < -0.39 is 18.4 Å². The molecule has 5 nitrogen and oxygen atoms in total. The second kappa shape index (κ2) is 9.35. The number of methoxy groups -OCH3 is 1. The molecule has 0 bridgehead atoms. The molecule has 1 saturated carbocycles. The fraction of sp³-hybridized carbons (Fsp3) is 0.364. The van der Waals surface area contributed by atoms with E-state index in [1.165, 1.54) is 25.7 Å². The van der Waals surface area contributed by atoms with Gasteiger partial charge in [-0.3, -0.25) is 4.79 Å². The summed E-state index contributed by atoms with van der Waals surface area (Å²) in [5, 5.41) is 0. The summed E-state index contributed by atoms with van der Waals surface area (Å²) in [4.78, 5) is 26.8. The summed E-state index contributed by atoms with van der Waals surface area (Å²) < 4.78 is 24.1. The third kappa shape index (κ3) is 4.68. The smallest absolute Gasteiger partial charge is 0.341 e. The highest BCUT2D eigenvalue weighted by molar-refractivity contribution is 5.97. The first-order chi connectivity index (χ1) is 13.6. The third-order valence-corrected chi connectivity index (χ3v) is 4.97. The first-order valence-electron chi connectivity index (χ1n) is 9.48. The van der Waals surface area contributed by atoms with Crippen molar-refractivity contribution in [1.29, 1.82) is 0 Å². The van der Waals surface area contributed by atoms with Crippen LogP contribution in [0.3, 0.4) is 0 Å². The molecular weight excluding hydrogens is 361 g/mol. The second-order valence-electron chi connectivity index (χ2n) is 6.81. The molecule has 0 atom stereocenters. The van der Waals surface area contributed by atoms with Crippen molar-refractivity contribution in [1.82, 2.24) is 0 Å². The highest BCUT2D eigenvalue weighted by Gasteiger charge is 2.28. The van der Waals surface area contributed by atoms with Crippen molar-refractivity contribution >= 4 is 17.6 Å². The molecule has 0 radical (unpaired) electrons. The number of nitrogens with zero attached hydrogens (tertiary/aromatic N) is 1. The van der Waals surface area contributed by atoms with Gasteiger partial charge >= 0.3 is 5.97 Å². The topological polar surface area (TPSA) is 55.8 Å². The van der Waals surface area contributed by atoms with E-state index in [0.29, 0.717) is 5.75 Å². The lowest BCUT2D eigenvalue weighted by Crippen LogP contribution is -2.43.